The van der Waals surface area contributed by atoms with Gasteiger partial charge in [0.2, 0.25) is 0 Å². The van der Waals surface area contributed by atoms with Gasteiger partial charge in [-0.1, -0.05) is 38.0 Å². The summed E-state index contributed by atoms with van der Waals surface area (Å²) in [6.45, 7) is 2.26. The molecule has 1 fully saturated rings. The van der Waals surface area contributed by atoms with Gasteiger partial charge in [-0.2, -0.15) is 0 Å². The molecule has 1 aromatic carbocycles. The molecule has 1 amide bonds. The van der Waals surface area contributed by atoms with E-state index in [-0.39, 0.29) is 12.0 Å². The Morgan fingerprint density at radius 1 is 1.25 bits per heavy atom. The van der Waals surface area contributed by atoms with Crippen LogP contribution in [0.1, 0.15) is 38.2 Å². The van der Waals surface area contributed by atoms with Crippen LogP contribution in [0.5, 0.6) is 5.75 Å². The topological polar surface area (TPSA) is 29.5 Å². The SMILES string of the molecule is CC1CCCCC1N(C)C(=O)C1Cc2ccccc2O1. The highest BCUT2D eigenvalue weighted by molar-refractivity contribution is 5.82. The number of rotatable bonds is 2. The molecule has 108 valence electrons. The highest BCUT2D eigenvalue weighted by Crippen LogP contribution is 2.31. The minimum absolute atomic E-state index is 0.139. The molecule has 0 saturated heterocycles. The van der Waals surface area contributed by atoms with E-state index in [2.05, 4.69) is 6.92 Å². The number of nitrogens with zero attached hydrogens (tertiary/aromatic N) is 1. The summed E-state index contributed by atoms with van der Waals surface area (Å²) in [5.74, 6) is 1.61. The van der Waals surface area contributed by atoms with E-state index in [9.17, 15) is 4.79 Å². The molecule has 0 spiro atoms. The standard InChI is InChI=1S/C17H23NO2/c1-12-7-3-5-9-14(12)18(2)17(19)16-11-13-8-4-6-10-15(13)20-16/h4,6,8,10,12,14,16H,3,5,7,9,11H2,1-2H3. The second-order valence-corrected chi connectivity index (χ2v) is 6.20. The molecule has 0 N–H and O–H groups in total. The number of likely N-dealkylation sites (N-methyl/N-ethyl adjacent to an activating group) is 1. The third kappa shape index (κ3) is 2.41. The minimum atomic E-state index is -0.327. The highest BCUT2D eigenvalue weighted by atomic mass is 16.5. The van der Waals surface area contributed by atoms with E-state index in [4.69, 9.17) is 4.74 Å². The minimum Gasteiger partial charge on any atom is -0.480 e. The lowest BCUT2D eigenvalue weighted by Gasteiger charge is -2.37. The van der Waals surface area contributed by atoms with Crippen LogP contribution in [0, 0.1) is 5.92 Å². The van der Waals surface area contributed by atoms with Crippen LogP contribution in [-0.2, 0) is 11.2 Å². The van der Waals surface area contributed by atoms with E-state index in [1.54, 1.807) is 0 Å². The monoisotopic (exact) mass is 273 g/mol. The highest BCUT2D eigenvalue weighted by Gasteiger charge is 2.35. The Morgan fingerprint density at radius 3 is 2.75 bits per heavy atom. The molecule has 20 heavy (non-hydrogen) atoms. The van der Waals surface area contributed by atoms with Crippen LogP contribution in [0.15, 0.2) is 24.3 Å². The maximum absolute atomic E-state index is 12.7. The zero-order valence-electron chi connectivity index (χ0n) is 12.3. The molecule has 3 nitrogen and oxygen atoms in total. The maximum Gasteiger partial charge on any atom is 0.263 e. The third-order valence-corrected chi connectivity index (χ3v) is 4.83. The van der Waals surface area contributed by atoms with Crippen LogP contribution in [0.25, 0.3) is 0 Å². The van der Waals surface area contributed by atoms with Gasteiger partial charge in [0.05, 0.1) is 0 Å². The van der Waals surface area contributed by atoms with Gasteiger partial charge in [0.1, 0.15) is 5.75 Å². The van der Waals surface area contributed by atoms with Gasteiger partial charge in [-0.25, -0.2) is 0 Å². The summed E-state index contributed by atoms with van der Waals surface area (Å²) in [5.41, 5.74) is 1.15. The quantitative estimate of drug-likeness (QED) is 0.829. The van der Waals surface area contributed by atoms with Crippen molar-refractivity contribution in [3.05, 3.63) is 29.8 Å². The summed E-state index contributed by atoms with van der Waals surface area (Å²) in [7, 11) is 1.95. The number of para-hydroxylation sites is 1. The fraction of sp³-hybridized carbons (Fsp3) is 0.588. The number of amides is 1. The van der Waals surface area contributed by atoms with E-state index in [0.29, 0.717) is 18.4 Å². The molecule has 1 aromatic rings. The molecular weight excluding hydrogens is 250 g/mol. The fourth-order valence-electron chi connectivity index (χ4n) is 3.58. The largest absolute Gasteiger partial charge is 0.480 e. The van der Waals surface area contributed by atoms with E-state index >= 15 is 0 Å². The zero-order chi connectivity index (χ0) is 14.1. The van der Waals surface area contributed by atoms with E-state index in [1.165, 1.54) is 19.3 Å². The summed E-state index contributed by atoms with van der Waals surface area (Å²) in [6.07, 6.45) is 5.27. The molecule has 3 atom stereocenters. The van der Waals surface area contributed by atoms with Crippen molar-refractivity contribution in [2.45, 2.75) is 51.2 Å². The summed E-state index contributed by atoms with van der Waals surface area (Å²) in [5, 5.41) is 0. The first-order valence-electron chi connectivity index (χ1n) is 7.68. The summed E-state index contributed by atoms with van der Waals surface area (Å²) in [4.78, 5) is 14.6. The van der Waals surface area contributed by atoms with Crippen LogP contribution >= 0.6 is 0 Å². The van der Waals surface area contributed by atoms with Crippen molar-refractivity contribution in [3.63, 3.8) is 0 Å². The summed E-state index contributed by atoms with van der Waals surface area (Å²) >= 11 is 0. The van der Waals surface area contributed by atoms with Crippen LogP contribution in [-0.4, -0.2) is 30.0 Å². The molecule has 1 saturated carbocycles. The number of carbonyl (C=O) groups excluding carboxylic acids is 1. The van der Waals surface area contributed by atoms with Crippen molar-refractivity contribution in [2.75, 3.05) is 7.05 Å². The van der Waals surface area contributed by atoms with Crippen molar-refractivity contribution in [1.82, 2.24) is 4.90 Å². The Labute approximate surface area is 120 Å². The number of hydrogen-bond donors (Lipinski definition) is 0. The molecule has 0 aromatic heterocycles. The van der Waals surface area contributed by atoms with Crippen LogP contribution in [0.3, 0.4) is 0 Å². The molecular formula is C17H23NO2. The number of hydrogen-bond acceptors (Lipinski definition) is 2. The summed E-state index contributed by atoms with van der Waals surface area (Å²) < 4.78 is 5.82. The molecule has 1 aliphatic heterocycles. The second kappa shape index (κ2) is 5.47. The number of ether oxygens (including phenoxy) is 1. The van der Waals surface area contributed by atoms with Crippen molar-refractivity contribution >= 4 is 5.91 Å². The van der Waals surface area contributed by atoms with Gasteiger partial charge in [0.15, 0.2) is 6.10 Å². The Morgan fingerprint density at radius 2 is 2.00 bits per heavy atom. The van der Waals surface area contributed by atoms with Gasteiger partial charge in [0.25, 0.3) is 5.91 Å². The molecule has 2 aliphatic rings. The van der Waals surface area contributed by atoms with Gasteiger partial charge in [-0.3, -0.25) is 4.79 Å². The average molecular weight is 273 g/mol. The fourth-order valence-corrected chi connectivity index (χ4v) is 3.58. The van der Waals surface area contributed by atoms with Crippen LogP contribution < -0.4 is 4.74 Å². The van der Waals surface area contributed by atoms with Crippen molar-refractivity contribution in [1.29, 1.82) is 0 Å². The molecule has 3 rings (SSSR count). The first-order valence-corrected chi connectivity index (χ1v) is 7.68. The average Bonchev–Trinajstić information content (AvgIpc) is 2.90. The van der Waals surface area contributed by atoms with Gasteiger partial charge in [-0.15, -0.1) is 0 Å². The van der Waals surface area contributed by atoms with Crippen molar-refractivity contribution < 1.29 is 9.53 Å². The van der Waals surface area contributed by atoms with Crippen molar-refractivity contribution in [3.8, 4) is 5.75 Å². The van der Waals surface area contributed by atoms with Crippen LogP contribution in [0.4, 0.5) is 0 Å². The molecule has 3 heteroatoms. The predicted molar refractivity (Wildman–Crippen MR) is 78.8 cm³/mol. The van der Waals surface area contributed by atoms with Gasteiger partial charge >= 0.3 is 0 Å². The Hall–Kier alpha value is -1.51. The first kappa shape index (κ1) is 13.5. The first-order chi connectivity index (χ1) is 9.66. The smallest absolute Gasteiger partial charge is 0.263 e. The Kier molecular flexibility index (Phi) is 3.68. The van der Waals surface area contributed by atoms with E-state index < -0.39 is 0 Å². The molecule has 1 heterocycles. The number of carbonyl (C=O) groups is 1. The molecule has 0 radical (unpaired) electrons. The molecule has 3 unspecified atom stereocenters. The molecule has 0 bridgehead atoms. The zero-order valence-corrected chi connectivity index (χ0v) is 12.3. The normalized spacial score (nSPS) is 28.6. The third-order valence-electron chi connectivity index (χ3n) is 4.83. The second-order valence-electron chi connectivity index (χ2n) is 6.20. The maximum atomic E-state index is 12.7. The van der Waals surface area contributed by atoms with Crippen molar-refractivity contribution in [2.24, 2.45) is 5.92 Å². The van der Waals surface area contributed by atoms with E-state index in [0.717, 1.165) is 17.7 Å². The van der Waals surface area contributed by atoms with Gasteiger partial charge in [-0.05, 0) is 30.4 Å². The van der Waals surface area contributed by atoms with Gasteiger partial charge in [0, 0.05) is 19.5 Å². The number of benzene rings is 1. The molecule has 1 aliphatic carbocycles. The summed E-state index contributed by atoms with van der Waals surface area (Å²) in [6, 6.07) is 8.33. The number of fused-ring (bicyclic) bond motifs is 1. The van der Waals surface area contributed by atoms with Gasteiger partial charge < -0.3 is 9.64 Å². The Balaban J connectivity index is 1.68. The van der Waals surface area contributed by atoms with E-state index in [1.807, 2.05) is 36.2 Å². The van der Waals surface area contributed by atoms with Crippen LogP contribution in [0.2, 0.25) is 0 Å². The lowest BCUT2D eigenvalue weighted by molar-refractivity contribution is -0.140. The predicted octanol–water partition coefficient (Wildman–Crippen LogP) is 3.03. The lowest BCUT2D eigenvalue weighted by Crippen LogP contribution is -2.48. The lowest BCUT2D eigenvalue weighted by atomic mass is 9.85. The Bertz CT molecular complexity index is 475.